The highest BCUT2D eigenvalue weighted by molar-refractivity contribution is 6.04. The monoisotopic (exact) mass is 289 g/mol. The van der Waals surface area contributed by atoms with E-state index in [1.54, 1.807) is 6.08 Å². The SMILES string of the molecule is CON=C(c1ccc(OC/C=C/CO)cc1)C(F)(F)F. The van der Waals surface area contributed by atoms with Crippen LogP contribution in [0.3, 0.4) is 0 Å². The summed E-state index contributed by atoms with van der Waals surface area (Å²) in [4.78, 5) is 4.21. The van der Waals surface area contributed by atoms with Crippen molar-refractivity contribution in [1.29, 1.82) is 0 Å². The average Bonchev–Trinajstić information content (AvgIpc) is 2.41. The van der Waals surface area contributed by atoms with E-state index in [1.807, 2.05) is 0 Å². The number of benzene rings is 1. The van der Waals surface area contributed by atoms with E-state index >= 15 is 0 Å². The fraction of sp³-hybridized carbons (Fsp3) is 0.308. The highest BCUT2D eigenvalue weighted by Gasteiger charge is 2.37. The van der Waals surface area contributed by atoms with Crippen LogP contribution in [0.2, 0.25) is 0 Å². The second kappa shape index (κ2) is 7.54. The zero-order valence-corrected chi connectivity index (χ0v) is 10.7. The van der Waals surface area contributed by atoms with Gasteiger partial charge in [-0.15, -0.1) is 0 Å². The molecule has 0 amide bonds. The first-order valence-electron chi connectivity index (χ1n) is 5.66. The van der Waals surface area contributed by atoms with Gasteiger partial charge in [-0.05, 0) is 30.3 Å². The number of ether oxygens (including phenoxy) is 1. The summed E-state index contributed by atoms with van der Waals surface area (Å²) in [5.41, 5.74) is -1.22. The Labute approximate surface area is 114 Å². The summed E-state index contributed by atoms with van der Waals surface area (Å²) in [7, 11) is 1.05. The van der Waals surface area contributed by atoms with Crippen molar-refractivity contribution in [3.8, 4) is 5.75 Å². The quantitative estimate of drug-likeness (QED) is 0.497. The minimum atomic E-state index is -4.59. The van der Waals surface area contributed by atoms with Gasteiger partial charge in [0.25, 0.3) is 0 Å². The summed E-state index contributed by atoms with van der Waals surface area (Å²) in [6.45, 7) is 0.128. The van der Waals surface area contributed by atoms with E-state index in [2.05, 4.69) is 9.99 Å². The van der Waals surface area contributed by atoms with Crippen LogP contribution in [0.5, 0.6) is 5.75 Å². The molecule has 0 saturated carbocycles. The third kappa shape index (κ3) is 4.93. The van der Waals surface area contributed by atoms with Crippen LogP contribution in [0.4, 0.5) is 13.2 Å². The Morgan fingerprint density at radius 2 is 1.90 bits per heavy atom. The second-order valence-corrected chi connectivity index (χ2v) is 3.61. The molecule has 20 heavy (non-hydrogen) atoms. The van der Waals surface area contributed by atoms with Crippen molar-refractivity contribution in [2.75, 3.05) is 20.3 Å². The molecule has 0 aliphatic carbocycles. The number of aliphatic hydroxyl groups excluding tert-OH is 1. The number of nitrogens with zero attached hydrogens (tertiary/aromatic N) is 1. The fourth-order valence-corrected chi connectivity index (χ4v) is 1.36. The van der Waals surface area contributed by atoms with E-state index in [1.165, 1.54) is 30.3 Å². The number of alkyl halides is 3. The van der Waals surface area contributed by atoms with Gasteiger partial charge in [0.1, 0.15) is 19.5 Å². The number of hydrogen-bond acceptors (Lipinski definition) is 4. The smallest absolute Gasteiger partial charge is 0.437 e. The van der Waals surface area contributed by atoms with E-state index in [0.29, 0.717) is 5.75 Å². The topological polar surface area (TPSA) is 51.0 Å². The predicted octanol–water partition coefficient (Wildman–Crippen LogP) is 2.53. The van der Waals surface area contributed by atoms with E-state index in [9.17, 15) is 13.2 Å². The molecule has 0 fully saturated rings. The van der Waals surface area contributed by atoms with Crippen LogP contribution in [0.15, 0.2) is 41.6 Å². The van der Waals surface area contributed by atoms with Gasteiger partial charge in [0.2, 0.25) is 0 Å². The normalized spacial score (nSPS) is 12.8. The molecule has 0 saturated heterocycles. The van der Waals surface area contributed by atoms with Crippen molar-refractivity contribution < 1.29 is 27.9 Å². The Hall–Kier alpha value is -2.02. The molecule has 1 N–H and O–H groups in total. The van der Waals surface area contributed by atoms with Crippen molar-refractivity contribution in [3.63, 3.8) is 0 Å². The molecule has 110 valence electrons. The molecule has 0 bridgehead atoms. The summed E-state index contributed by atoms with van der Waals surface area (Å²) in [5, 5.41) is 11.5. The van der Waals surface area contributed by atoms with Crippen molar-refractivity contribution >= 4 is 5.71 Å². The maximum Gasteiger partial charge on any atom is 0.437 e. The van der Waals surface area contributed by atoms with Crippen LogP contribution < -0.4 is 4.74 Å². The first-order valence-corrected chi connectivity index (χ1v) is 5.66. The number of halogens is 3. The summed E-state index contributed by atoms with van der Waals surface area (Å²) in [6, 6.07) is 5.30. The largest absolute Gasteiger partial charge is 0.490 e. The Balaban J connectivity index is 2.79. The lowest BCUT2D eigenvalue weighted by molar-refractivity contribution is -0.0608. The molecule has 1 rings (SSSR count). The van der Waals surface area contributed by atoms with Crippen molar-refractivity contribution in [2.24, 2.45) is 5.16 Å². The van der Waals surface area contributed by atoms with Gasteiger partial charge in [0.05, 0.1) is 6.61 Å². The van der Waals surface area contributed by atoms with Gasteiger partial charge in [-0.25, -0.2) is 0 Å². The van der Waals surface area contributed by atoms with Crippen molar-refractivity contribution in [2.45, 2.75) is 6.18 Å². The highest BCUT2D eigenvalue weighted by Crippen LogP contribution is 2.24. The first kappa shape index (κ1) is 16.0. The maximum absolute atomic E-state index is 12.7. The molecule has 4 nitrogen and oxygen atoms in total. The second-order valence-electron chi connectivity index (χ2n) is 3.61. The van der Waals surface area contributed by atoms with E-state index in [0.717, 1.165) is 7.11 Å². The molecule has 0 aromatic heterocycles. The molecule has 0 heterocycles. The Bertz CT molecular complexity index is 467. The molecule has 1 aromatic rings. The van der Waals surface area contributed by atoms with Crippen LogP contribution in [0, 0.1) is 0 Å². The molecule has 1 aromatic carbocycles. The van der Waals surface area contributed by atoms with Crippen LogP contribution in [-0.2, 0) is 4.84 Å². The summed E-state index contributed by atoms with van der Waals surface area (Å²) < 4.78 is 43.4. The van der Waals surface area contributed by atoms with E-state index in [4.69, 9.17) is 9.84 Å². The van der Waals surface area contributed by atoms with Gasteiger partial charge < -0.3 is 14.7 Å². The zero-order chi connectivity index (χ0) is 15.0. The van der Waals surface area contributed by atoms with Gasteiger partial charge >= 0.3 is 6.18 Å². The zero-order valence-electron chi connectivity index (χ0n) is 10.7. The minimum absolute atomic E-state index is 0.0925. The molecular formula is C13H14F3NO3. The van der Waals surface area contributed by atoms with Crippen LogP contribution in [-0.4, -0.2) is 37.3 Å². The molecule has 0 radical (unpaired) electrons. The van der Waals surface area contributed by atoms with Gasteiger partial charge in [0.15, 0.2) is 5.71 Å². The third-order valence-corrected chi connectivity index (χ3v) is 2.20. The maximum atomic E-state index is 12.7. The number of aliphatic hydroxyl groups is 1. The summed E-state index contributed by atoms with van der Waals surface area (Å²) >= 11 is 0. The molecule has 0 aliphatic heterocycles. The first-order chi connectivity index (χ1) is 9.49. The van der Waals surface area contributed by atoms with Gasteiger partial charge in [-0.3, -0.25) is 0 Å². The molecular weight excluding hydrogens is 275 g/mol. The average molecular weight is 289 g/mol. The minimum Gasteiger partial charge on any atom is -0.490 e. The molecule has 0 spiro atoms. The van der Waals surface area contributed by atoms with Gasteiger partial charge in [-0.1, -0.05) is 11.2 Å². The fourth-order valence-electron chi connectivity index (χ4n) is 1.36. The Kier molecular flexibility index (Phi) is 6.05. The number of oxime groups is 1. The van der Waals surface area contributed by atoms with Crippen molar-refractivity contribution in [3.05, 3.63) is 42.0 Å². The Morgan fingerprint density at radius 1 is 1.25 bits per heavy atom. The lowest BCUT2D eigenvalue weighted by atomic mass is 10.1. The van der Waals surface area contributed by atoms with Crippen LogP contribution in [0.25, 0.3) is 0 Å². The van der Waals surface area contributed by atoms with Crippen LogP contribution in [0.1, 0.15) is 5.56 Å². The Morgan fingerprint density at radius 3 is 2.40 bits per heavy atom. The molecule has 0 atom stereocenters. The number of rotatable bonds is 6. The lowest BCUT2D eigenvalue weighted by Crippen LogP contribution is -2.24. The molecule has 7 heteroatoms. The van der Waals surface area contributed by atoms with Crippen molar-refractivity contribution in [1.82, 2.24) is 0 Å². The van der Waals surface area contributed by atoms with E-state index in [-0.39, 0.29) is 18.8 Å². The molecule has 0 unspecified atom stereocenters. The highest BCUT2D eigenvalue weighted by atomic mass is 19.4. The lowest BCUT2D eigenvalue weighted by Gasteiger charge is -2.10. The van der Waals surface area contributed by atoms with E-state index < -0.39 is 11.9 Å². The summed E-state index contributed by atoms with van der Waals surface area (Å²) in [5.74, 6) is 0.412. The predicted molar refractivity (Wildman–Crippen MR) is 67.8 cm³/mol. The third-order valence-electron chi connectivity index (χ3n) is 2.20. The molecule has 0 aliphatic rings. The van der Waals surface area contributed by atoms with Gasteiger partial charge in [0, 0.05) is 5.56 Å². The standard InChI is InChI=1S/C13H14F3NO3/c1-19-17-12(13(14,15)16)10-4-6-11(7-5-10)20-9-3-2-8-18/h2-7,18H,8-9H2,1H3/b3-2+,17-12?. The van der Waals surface area contributed by atoms with Crippen LogP contribution >= 0.6 is 0 Å². The summed E-state index contributed by atoms with van der Waals surface area (Å²) in [6.07, 6.45) is -1.49. The van der Waals surface area contributed by atoms with Gasteiger partial charge in [-0.2, -0.15) is 13.2 Å². The number of hydrogen-bond donors (Lipinski definition) is 1.